The molecule has 0 aromatic heterocycles. The molecule has 3 saturated heterocycles. The van der Waals surface area contributed by atoms with Gasteiger partial charge in [-0.3, -0.25) is 4.79 Å². The van der Waals surface area contributed by atoms with Gasteiger partial charge in [0.25, 0.3) is 0 Å². The molecule has 6 aromatic rings. The van der Waals surface area contributed by atoms with Gasteiger partial charge in [0.2, 0.25) is 5.91 Å². The molecule has 1 spiro atoms. The Kier molecular flexibility index (Phi) is 12.3. The minimum absolute atomic E-state index is 0.0198. The van der Waals surface area contributed by atoms with E-state index in [2.05, 4.69) is 62.1 Å². The molecule has 11 nitrogen and oxygen atoms in total. The molecule has 0 saturated carbocycles. The van der Waals surface area contributed by atoms with Gasteiger partial charge in [0.1, 0.15) is 17.0 Å². The molecule has 3 aliphatic rings. The SMILES string of the molecule is O=C(NCc1cccc(-c2cccc([C@H]3O[C@@H](CN4CCC5(CC4)C(=O)NCN5c4ccccc4)C[C@@H](c4ccc(CO)cc4)O3)c2)c1)Nc1ccc(Oc2ccccc2)cc1. The summed E-state index contributed by atoms with van der Waals surface area (Å²) in [6.07, 6.45) is 1.16. The molecule has 11 heteroatoms. The Morgan fingerprint density at radius 2 is 1.44 bits per heavy atom. The van der Waals surface area contributed by atoms with E-state index in [1.165, 1.54) is 0 Å². The van der Waals surface area contributed by atoms with Crippen molar-refractivity contribution in [1.29, 1.82) is 0 Å². The Labute approximate surface area is 362 Å². The van der Waals surface area contributed by atoms with Crippen LogP contribution in [-0.2, 0) is 27.4 Å². The smallest absolute Gasteiger partial charge is 0.319 e. The van der Waals surface area contributed by atoms with Crippen LogP contribution >= 0.6 is 0 Å². The Morgan fingerprint density at radius 3 is 2.18 bits per heavy atom. The van der Waals surface area contributed by atoms with Gasteiger partial charge in [0.15, 0.2) is 6.29 Å². The predicted octanol–water partition coefficient (Wildman–Crippen LogP) is 8.93. The van der Waals surface area contributed by atoms with Crippen LogP contribution in [0.4, 0.5) is 16.2 Å². The number of hydrogen-bond donors (Lipinski definition) is 4. The lowest BCUT2D eigenvalue weighted by molar-refractivity contribution is -0.253. The van der Waals surface area contributed by atoms with E-state index in [1.807, 2.05) is 121 Å². The third kappa shape index (κ3) is 9.36. The van der Waals surface area contributed by atoms with Crippen molar-refractivity contribution in [2.24, 2.45) is 0 Å². The van der Waals surface area contributed by atoms with Gasteiger partial charge in [0, 0.05) is 49.5 Å². The van der Waals surface area contributed by atoms with Gasteiger partial charge in [-0.1, -0.05) is 97.1 Å². The number of para-hydroxylation sites is 2. The summed E-state index contributed by atoms with van der Waals surface area (Å²) >= 11 is 0. The van der Waals surface area contributed by atoms with Crippen molar-refractivity contribution in [2.75, 3.05) is 36.5 Å². The number of benzene rings is 6. The molecule has 3 heterocycles. The van der Waals surface area contributed by atoms with E-state index < -0.39 is 11.8 Å². The summed E-state index contributed by atoms with van der Waals surface area (Å²) in [6.45, 7) is 3.10. The minimum atomic E-state index is -0.617. The van der Waals surface area contributed by atoms with E-state index in [1.54, 1.807) is 0 Å². The van der Waals surface area contributed by atoms with E-state index in [0.717, 1.165) is 70.7 Å². The fourth-order valence-electron chi connectivity index (χ4n) is 8.77. The second-order valence-electron chi connectivity index (χ2n) is 16.2. The molecule has 3 atom stereocenters. The first-order valence-electron chi connectivity index (χ1n) is 21.3. The zero-order valence-corrected chi connectivity index (χ0v) is 34.5. The number of likely N-dealkylation sites (tertiary alicyclic amines) is 1. The van der Waals surface area contributed by atoms with Gasteiger partial charge in [0.05, 0.1) is 25.5 Å². The number of anilines is 2. The fraction of sp³-hybridized carbons (Fsp3) is 0.255. The summed E-state index contributed by atoms with van der Waals surface area (Å²) in [5.74, 6) is 1.53. The summed E-state index contributed by atoms with van der Waals surface area (Å²) in [7, 11) is 0. The molecular weight excluding hydrogens is 779 g/mol. The second-order valence-corrected chi connectivity index (χ2v) is 16.2. The van der Waals surface area contributed by atoms with Crippen LogP contribution in [0.1, 0.15) is 53.9 Å². The zero-order valence-electron chi connectivity index (χ0n) is 34.5. The van der Waals surface area contributed by atoms with E-state index in [4.69, 9.17) is 14.2 Å². The number of rotatable bonds is 12. The van der Waals surface area contributed by atoms with Crippen LogP contribution in [0.2, 0.25) is 0 Å². The highest BCUT2D eigenvalue weighted by Gasteiger charge is 2.50. The molecule has 316 valence electrons. The van der Waals surface area contributed by atoms with Crippen molar-refractivity contribution in [3.05, 3.63) is 180 Å². The summed E-state index contributed by atoms with van der Waals surface area (Å²) in [5.41, 5.74) is 6.92. The number of carbonyl (C=O) groups excluding carboxylic acids is 2. The fourth-order valence-corrected chi connectivity index (χ4v) is 8.77. The Morgan fingerprint density at radius 1 is 0.742 bits per heavy atom. The number of ether oxygens (including phenoxy) is 3. The van der Waals surface area contributed by atoms with Crippen molar-refractivity contribution >= 4 is 23.3 Å². The first-order valence-corrected chi connectivity index (χ1v) is 21.3. The number of nitrogens with one attached hydrogen (secondary N) is 3. The molecule has 62 heavy (non-hydrogen) atoms. The third-order valence-electron chi connectivity index (χ3n) is 12.1. The van der Waals surface area contributed by atoms with Crippen molar-refractivity contribution in [3.8, 4) is 22.6 Å². The Hall–Kier alpha value is -6.50. The van der Waals surface area contributed by atoms with E-state index >= 15 is 0 Å². The number of urea groups is 1. The largest absolute Gasteiger partial charge is 0.457 e. The van der Waals surface area contributed by atoms with Gasteiger partial charge in [-0.15, -0.1) is 0 Å². The molecule has 4 N–H and O–H groups in total. The average Bonchev–Trinajstić information content (AvgIpc) is 3.64. The van der Waals surface area contributed by atoms with Crippen molar-refractivity contribution in [1.82, 2.24) is 15.5 Å². The molecule has 0 aliphatic carbocycles. The molecule has 3 fully saturated rings. The van der Waals surface area contributed by atoms with Crippen LogP contribution in [-0.4, -0.2) is 59.9 Å². The molecule has 9 rings (SSSR count). The lowest BCUT2D eigenvalue weighted by Crippen LogP contribution is -2.57. The number of piperidine rings is 1. The van der Waals surface area contributed by atoms with Crippen LogP contribution in [0.5, 0.6) is 11.5 Å². The molecule has 3 aliphatic heterocycles. The van der Waals surface area contributed by atoms with E-state index in [-0.39, 0.29) is 30.8 Å². The maximum absolute atomic E-state index is 13.3. The number of carbonyl (C=O) groups is 2. The lowest BCUT2D eigenvalue weighted by atomic mass is 9.85. The maximum atomic E-state index is 13.3. The van der Waals surface area contributed by atoms with Crippen molar-refractivity contribution < 1.29 is 28.9 Å². The number of amides is 3. The highest BCUT2D eigenvalue weighted by atomic mass is 16.7. The quantitative estimate of drug-likeness (QED) is 0.0965. The monoisotopic (exact) mass is 829 g/mol. The number of aliphatic hydroxyl groups is 1. The zero-order chi connectivity index (χ0) is 42.3. The van der Waals surface area contributed by atoms with Crippen LogP contribution in [0.3, 0.4) is 0 Å². The van der Waals surface area contributed by atoms with Crippen molar-refractivity contribution in [3.63, 3.8) is 0 Å². The third-order valence-corrected chi connectivity index (χ3v) is 12.1. The summed E-state index contributed by atoms with van der Waals surface area (Å²) < 4.78 is 19.4. The Bertz CT molecular complexity index is 2440. The minimum Gasteiger partial charge on any atom is -0.457 e. The Balaban J connectivity index is 0.855. The number of hydrogen-bond acceptors (Lipinski definition) is 8. The second kappa shape index (κ2) is 18.6. The highest BCUT2D eigenvalue weighted by Crippen LogP contribution is 2.41. The van der Waals surface area contributed by atoms with Gasteiger partial charge >= 0.3 is 6.03 Å². The average molecular weight is 830 g/mol. The number of aliphatic hydroxyl groups excluding tert-OH is 1. The van der Waals surface area contributed by atoms with Crippen LogP contribution in [0.25, 0.3) is 11.1 Å². The normalized spacial score (nSPS) is 19.8. The predicted molar refractivity (Wildman–Crippen MR) is 239 cm³/mol. The standard InChI is InChI=1S/C51H51N5O6/c57-34-36-17-19-38(20-18-36)47-31-46(33-55-27-25-51(26-28-55)49(58)53-35-56(51)43-13-3-1-4-14-43)61-48(62-47)41-12-8-11-40(30-41)39-10-7-9-37(29-39)32-52-50(59)54-42-21-23-45(24-22-42)60-44-15-5-2-6-16-44/h1-24,29-30,46-48,57H,25-28,31-35H2,(H,53,58)(H2,52,54,59)/t46-,47+,48+/m1/s1. The number of nitrogens with zero attached hydrogens (tertiary/aromatic N) is 2. The van der Waals surface area contributed by atoms with E-state index in [9.17, 15) is 14.7 Å². The van der Waals surface area contributed by atoms with Gasteiger partial charge < -0.3 is 45.1 Å². The molecular formula is C51H51N5O6. The summed E-state index contributed by atoms with van der Waals surface area (Å²) in [5, 5.41) is 18.7. The topological polar surface area (TPSA) is 125 Å². The van der Waals surface area contributed by atoms with Crippen molar-refractivity contribution in [2.45, 2.75) is 56.5 Å². The van der Waals surface area contributed by atoms with Gasteiger partial charge in [-0.2, -0.15) is 0 Å². The first kappa shape index (κ1) is 40.9. The van der Waals surface area contributed by atoms with Crippen LogP contribution < -0.4 is 25.6 Å². The maximum Gasteiger partial charge on any atom is 0.319 e. The molecule has 0 bridgehead atoms. The van der Waals surface area contributed by atoms with E-state index in [0.29, 0.717) is 37.6 Å². The van der Waals surface area contributed by atoms with Crippen LogP contribution in [0.15, 0.2) is 158 Å². The van der Waals surface area contributed by atoms with Gasteiger partial charge in [-0.05, 0) is 101 Å². The molecule has 0 unspecified atom stereocenters. The highest BCUT2D eigenvalue weighted by molar-refractivity contribution is 5.93. The molecule has 3 amide bonds. The van der Waals surface area contributed by atoms with Gasteiger partial charge in [-0.25, -0.2) is 4.79 Å². The summed E-state index contributed by atoms with van der Waals surface area (Å²) in [6, 6.07) is 51.0. The molecule has 0 radical (unpaired) electrons. The van der Waals surface area contributed by atoms with Crippen LogP contribution in [0, 0.1) is 0 Å². The summed E-state index contributed by atoms with van der Waals surface area (Å²) in [4.78, 5) is 30.9. The lowest BCUT2D eigenvalue weighted by Gasteiger charge is -2.45. The molecule has 6 aromatic carbocycles. The first-order chi connectivity index (χ1) is 30.4.